The number of nitrogens with zero attached hydrogens (tertiary/aromatic N) is 3. The van der Waals surface area contributed by atoms with E-state index in [4.69, 9.17) is 4.74 Å². The van der Waals surface area contributed by atoms with Gasteiger partial charge in [-0.05, 0) is 25.1 Å². The lowest BCUT2D eigenvalue weighted by molar-refractivity contribution is 0.247. The molecule has 0 aliphatic heterocycles. The summed E-state index contributed by atoms with van der Waals surface area (Å²) in [6.45, 7) is 6.14. The summed E-state index contributed by atoms with van der Waals surface area (Å²) in [6.07, 6.45) is 0.938. The highest BCUT2D eigenvalue weighted by atomic mass is 16.5. The van der Waals surface area contributed by atoms with Crippen molar-refractivity contribution in [1.82, 2.24) is 14.0 Å². The molecule has 0 fully saturated rings. The van der Waals surface area contributed by atoms with Gasteiger partial charge in [-0.2, -0.15) is 0 Å². The van der Waals surface area contributed by atoms with Crippen LogP contribution in [0.15, 0.2) is 46.0 Å². The van der Waals surface area contributed by atoms with Crippen LogP contribution < -0.4 is 21.3 Å². The van der Waals surface area contributed by atoms with Crippen molar-refractivity contribution in [2.24, 2.45) is 14.1 Å². The minimum atomic E-state index is -0.328. The summed E-state index contributed by atoms with van der Waals surface area (Å²) in [4.78, 5) is 26.0. The van der Waals surface area contributed by atoms with E-state index in [1.54, 1.807) is 7.05 Å². The third-order valence-electron chi connectivity index (χ3n) is 4.34. The third kappa shape index (κ3) is 5.49. The second-order valence-electron chi connectivity index (χ2n) is 6.14. The van der Waals surface area contributed by atoms with E-state index in [0.29, 0.717) is 19.0 Å². The van der Waals surface area contributed by atoms with E-state index in [1.165, 1.54) is 17.7 Å². The van der Waals surface area contributed by atoms with Crippen LogP contribution in [0.25, 0.3) is 0 Å². The van der Waals surface area contributed by atoms with Gasteiger partial charge in [0.05, 0.1) is 6.61 Å². The lowest BCUT2D eigenvalue weighted by Crippen LogP contribution is -2.38. The second-order valence-corrected chi connectivity index (χ2v) is 6.14. The van der Waals surface area contributed by atoms with Gasteiger partial charge in [0, 0.05) is 39.8 Å². The molecule has 2 rings (SSSR count). The van der Waals surface area contributed by atoms with Gasteiger partial charge in [-0.3, -0.25) is 13.9 Å². The fraction of sp³-hybridized carbons (Fsp3) is 0.474. The van der Waals surface area contributed by atoms with E-state index in [2.05, 4.69) is 17.1 Å². The van der Waals surface area contributed by atoms with Crippen LogP contribution in [0.1, 0.15) is 13.3 Å². The van der Waals surface area contributed by atoms with E-state index in [-0.39, 0.29) is 11.2 Å². The minimum absolute atomic E-state index is 0.305. The van der Waals surface area contributed by atoms with E-state index >= 15 is 0 Å². The van der Waals surface area contributed by atoms with Crippen molar-refractivity contribution in [2.45, 2.75) is 13.3 Å². The van der Waals surface area contributed by atoms with Crippen LogP contribution in [-0.4, -0.2) is 46.8 Å². The van der Waals surface area contributed by atoms with Gasteiger partial charge in [-0.25, -0.2) is 4.79 Å². The number of para-hydroxylation sites is 1. The van der Waals surface area contributed by atoms with Crippen LogP contribution in [0.4, 0.5) is 5.82 Å². The van der Waals surface area contributed by atoms with Crippen molar-refractivity contribution >= 4 is 5.82 Å². The number of hydrogen-bond donors (Lipinski definition) is 1. The Kier molecular flexibility index (Phi) is 7.47. The average molecular weight is 360 g/mol. The average Bonchev–Trinajstić information content (AvgIpc) is 2.66. The van der Waals surface area contributed by atoms with Gasteiger partial charge in [0.1, 0.15) is 11.6 Å². The zero-order valence-corrected chi connectivity index (χ0v) is 15.8. The lowest BCUT2D eigenvalue weighted by atomic mass is 10.3. The minimum Gasteiger partial charge on any atom is -0.494 e. The first-order chi connectivity index (χ1) is 12.5. The molecule has 0 bridgehead atoms. The predicted molar refractivity (Wildman–Crippen MR) is 104 cm³/mol. The topological polar surface area (TPSA) is 68.5 Å². The molecule has 0 atom stereocenters. The van der Waals surface area contributed by atoms with Crippen molar-refractivity contribution < 1.29 is 4.74 Å². The van der Waals surface area contributed by atoms with Crippen LogP contribution >= 0.6 is 0 Å². The maximum atomic E-state index is 11.9. The third-order valence-corrected chi connectivity index (χ3v) is 4.34. The smallest absolute Gasteiger partial charge is 0.332 e. The molecule has 0 unspecified atom stereocenters. The van der Waals surface area contributed by atoms with Crippen molar-refractivity contribution in [1.29, 1.82) is 0 Å². The summed E-state index contributed by atoms with van der Waals surface area (Å²) in [5, 5.41) is 3.18. The Balaban J connectivity index is 1.75. The lowest BCUT2D eigenvalue weighted by Gasteiger charge is -2.21. The number of nitrogens with one attached hydrogen (secondary N) is 1. The highest BCUT2D eigenvalue weighted by molar-refractivity contribution is 5.33. The van der Waals surface area contributed by atoms with Crippen LogP contribution in [0.2, 0.25) is 0 Å². The largest absolute Gasteiger partial charge is 0.494 e. The van der Waals surface area contributed by atoms with Crippen LogP contribution in [0.3, 0.4) is 0 Å². The Morgan fingerprint density at radius 1 is 1.08 bits per heavy atom. The molecular weight excluding hydrogens is 332 g/mol. The molecule has 0 amide bonds. The number of anilines is 1. The maximum absolute atomic E-state index is 11.9. The number of aromatic nitrogens is 2. The Morgan fingerprint density at radius 2 is 1.81 bits per heavy atom. The van der Waals surface area contributed by atoms with E-state index < -0.39 is 0 Å². The number of hydrogen-bond acceptors (Lipinski definition) is 5. The predicted octanol–water partition coefficient (Wildman–Crippen LogP) is 1.29. The summed E-state index contributed by atoms with van der Waals surface area (Å²) in [7, 11) is 3.13. The molecule has 2 aromatic rings. The zero-order valence-electron chi connectivity index (χ0n) is 15.8. The Morgan fingerprint density at radius 3 is 2.50 bits per heavy atom. The molecule has 0 saturated carbocycles. The van der Waals surface area contributed by atoms with Gasteiger partial charge >= 0.3 is 5.69 Å². The van der Waals surface area contributed by atoms with E-state index in [1.807, 2.05) is 30.3 Å². The summed E-state index contributed by atoms with van der Waals surface area (Å²) in [6, 6.07) is 11.3. The van der Waals surface area contributed by atoms with Gasteiger partial charge in [0.2, 0.25) is 0 Å². The second kappa shape index (κ2) is 9.82. The first-order valence-electron chi connectivity index (χ1n) is 8.94. The van der Waals surface area contributed by atoms with Gasteiger partial charge in [-0.1, -0.05) is 25.1 Å². The molecule has 1 aromatic carbocycles. The Bertz CT molecular complexity index is 799. The quantitative estimate of drug-likeness (QED) is 0.647. The highest BCUT2D eigenvalue weighted by Gasteiger charge is 2.07. The summed E-state index contributed by atoms with van der Waals surface area (Å²) in [5.41, 5.74) is -0.633. The van der Waals surface area contributed by atoms with E-state index in [9.17, 15) is 9.59 Å². The highest BCUT2D eigenvalue weighted by Crippen LogP contribution is 2.08. The molecule has 0 radical (unpaired) electrons. The molecule has 0 saturated heterocycles. The zero-order chi connectivity index (χ0) is 18.9. The first kappa shape index (κ1) is 19.8. The molecule has 1 heterocycles. The molecule has 0 spiro atoms. The maximum Gasteiger partial charge on any atom is 0.332 e. The number of rotatable bonds is 10. The molecule has 0 aliphatic carbocycles. The van der Waals surface area contributed by atoms with Crippen LogP contribution in [0, 0.1) is 0 Å². The summed E-state index contributed by atoms with van der Waals surface area (Å²) < 4.78 is 8.25. The monoisotopic (exact) mass is 360 g/mol. The fourth-order valence-corrected chi connectivity index (χ4v) is 2.67. The Labute approximate surface area is 153 Å². The molecule has 0 aliphatic rings. The van der Waals surface area contributed by atoms with E-state index in [0.717, 1.165) is 36.4 Å². The normalized spacial score (nSPS) is 10.9. The molecule has 26 heavy (non-hydrogen) atoms. The SMILES string of the molecule is CCN(CCCOc1ccccc1)CCNc1cc(=O)n(C)c(=O)n1C. The number of benzene rings is 1. The number of likely N-dealkylation sites (N-methyl/N-ethyl adjacent to an activating group) is 1. The molecule has 1 aromatic heterocycles. The molecule has 7 heteroatoms. The summed E-state index contributed by atoms with van der Waals surface area (Å²) >= 11 is 0. The van der Waals surface area contributed by atoms with Crippen LogP contribution in [-0.2, 0) is 14.1 Å². The molecule has 1 N–H and O–H groups in total. The van der Waals surface area contributed by atoms with Crippen molar-refractivity contribution in [3.63, 3.8) is 0 Å². The number of ether oxygens (including phenoxy) is 1. The molecule has 142 valence electrons. The Hall–Kier alpha value is -2.54. The first-order valence-corrected chi connectivity index (χ1v) is 8.94. The molecule has 7 nitrogen and oxygen atoms in total. The van der Waals surface area contributed by atoms with Crippen molar-refractivity contribution in [2.75, 3.05) is 38.1 Å². The van der Waals surface area contributed by atoms with Crippen molar-refractivity contribution in [3.05, 3.63) is 57.2 Å². The van der Waals surface area contributed by atoms with Gasteiger partial charge < -0.3 is 15.0 Å². The standard InChI is InChI=1S/C19H28N4O3/c1-4-23(12-8-14-26-16-9-6-5-7-10-16)13-11-20-17-15-18(24)22(3)19(25)21(17)2/h5-7,9-10,15,20H,4,8,11-14H2,1-3H3. The molecular formula is C19H28N4O3. The van der Waals surface area contributed by atoms with Gasteiger partial charge in [0.25, 0.3) is 5.56 Å². The van der Waals surface area contributed by atoms with Gasteiger partial charge in [-0.15, -0.1) is 0 Å². The van der Waals surface area contributed by atoms with Crippen molar-refractivity contribution in [3.8, 4) is 5.75 Å². The van der Waals surface area contributed by atoms with Crippen LogP contribution in [0.5, 0.6) is 5.75 Å². The fourth-order valence-electron chi connectivity index (χ4n) is 2.67. The van der Waals surface area contributed by atoms with Gasteiger partial charge in [0.15, 0.2) is 0 Å². The summed E-state index contributed by atoms with van der Waals surface area (Å²) in [5.74, 6) is 1.44.